The average molecular weight is 281 g/mol. The lowest BCUT2D eigenvalue weighted by Crippen LogP contribution is -2.58. The normalized spacial score (nSPS) is 38.2. The van der Waals surface area contributed by atoms with Crippen LogP contribution in [0.25, 0.3) is 0 Å². The van der Waals surface area contributed by atoms with Crippen LogP contribution in [0.4, 0.5) is 0 Å². The van der Waals surface area contributed by atoms with Crippen LogP contribution in [0.1, 0.15) is 58.3 Å². The molecule has 0 aliphatic heterocycles. The first-order valence-corrected chi connectivity index (χ1v) is 7.80. The third-order valence-electron chi connectivity index (χ3n) is 4.95. The van der Waals surface area contributed by atoms with E-state index in [1.54, 1.807) is 0 Å². The van der Waals surface area contributed by atoms with Gasteiger partial charge < -0.3 is 16.8 Å². The summed E-state index contributed by atoms with van der Waals surface area (Å²) >= 11 is 0. The molecule has 0 aromatic heterocycles. The van der Waals surface area contributed by atoms with Crippen LogP contribution in [-0.4, -0.2) is 23.4 Å². The van der Waals surface area contributed by atoms with Crippen LogP contribution in [-0.2, 0) is 9.59 Å². The molecule has 2 amide bonds. The fraction of sp³-hybridized carbons (Fsp3) is 0.867. The largest absolute Gasteiger partial charge is 0.369 e. The SMILES string of the molecule is CC1CCCC(N)(C(=O)NC2CCC(C(N)=O)CC2)C1. The zero-order valence-corrected chi connectivity index (χ0v) is 12.4. The summed E-state index contributed by atoms with van der Waals surface area (Å²) in [4.78, 5) is 23.6. The predicted octanol–water partition coefficient (Wildman–Crippen LogP) is 1.05. The molecule has 5 heteroatoms. The van der Waals surface area contributed by atoms with E-state index in [0.29, 0.717) is 5.92 Å². The van der Waals surface area contributed by atoms with Crippen molar-refractivity contribution in [2.45, 2.75) is 69.9 Å². The Hall–Kier alpha value is -1.10. The van der Waals surface area contributed by atoms with E-state index in [9.17, 15) is 9.59 Å². The van der Waals surface area contributed by atoms with Crippen LogP contribution in [0.15, 0.2) is 0 Å². The summed E-state index contributed by atoms with van der Waals surface area (Å²) in [6, 6.07) is 0.149. The van der Waals surface area contributed by atoms with Crippen molar-refractivity contribution in [1.82, 2.24) is 5.32 Å². The highest BCUT2D eigenvalue weighted by Gasteiger charge is 2.39. The molecule has 0 aromatic carbocycles. The van der Waals surface area contributed by atoms with Gasteiger partial charge in [-0.1, -0.05) is 19.8 Å². The molecule has 2 atom stereocenters. The number of carbonyl (C=O) groups excluding carboxylic acids is 2. The fourth-order valence-corrected chi connectivity index (χ4v) is 3.65. The van der Waals surface area contributed by atoms with Gasteiger partial charge in [-0.15, -0.1) is 0 Å². The molecule has 0 bridgehead atoms. The molecule has 0 heterocycles. The fourth-order valence-electron chi connectivity index (χ4n) is 3.65. The van der Waals surface area contributed by atoms with E-state index in [0.717, 1.165) is 51.4 Å². The molecule has 20 heavy (non-hydrogen) atoms. The smallest absolute Gasteiger partial charge is 0.240 e. The first-order chi connectivity index (χ1) is 9.40. The minimum Gasteiger partial charge on any atom is -0.369 e. The van der Waals surface area contributed by atoms with Gasteiger partial charge >= 0.3 is 0 Å². The van der Waals surface area contributed by atoms with Crippen molar-refractivity contribution < 1.29 is 9.59 Å². The summed E-state index contributed by atoms with van der Waals surface area (Å²) in [6.45, 7) is 2.16. The average Bonchev–Trinajstić information content (AvgIpc) is 2.39. The van der Waals surface area contributed by atoms with Gasteiger partial charge in [-0.2, -0.15) is 0 Å². The monoisotopic (exact) mass is 281 g/mol. The van der Waals surface area contributed by atoms with E-state index >= 15 is 0 Å². The van der Waals surface area contributed by atoms with Gasteiger partial charge in [0, 0.05) is 12.0 Å². The van der Waals surface area contributed by atoms with Crippen molar-refractivity contribution >= 4 is 11.8 Å². The molecule has 2 unspecified atom stereocenters. The van der Waals surface area contributed by atoms with E-state index in [1.807, 2.05) is 0 Å². The highest BCUT2D eigenvalue weighted by Crippen LogP contribution is 2.31. The number of hydrogen-bond acceptors (Lipinski definition) is 3. The Morgan fingerprint density at radius 1 is 1.15 bits per heavy atom. The topological polar surface area (TPSA) is 98.2 Å². The van der Waals surface area contributed by atoms with E-state index in [1.165, 1.54) is 0 Å². The number of carbonyl (C=O) groups is 2. The van der Waals surface area contributed by atoms with Crippen molar-refractivity contribution in [2.24, 2.45) is 23.3 Å². The maximum absolute atomic E-state index is 12.4. The molecule has 114 valence electrons. The van der Waals surface area contributed by atoms with Crippen LogP contribution in [0.2, 0.25) is 0 Å². The minimum atomic E-state index is -0.696. The number of nitrogens with two attached hydrogens (primary N) is 2. The molecule has 2 fully saturated rings. The van der Waals surface area contributed by atoms with Crippen molar-refractivity contribution in [2.75, 3.05) is 0 Å². The summed E-state index contributed by atoms with van der Waals surface area (Å²) in [5.41, 5.74) is 10.9. The van der Waals surface area contributed by atoms with Crippen LogP contribution < -0.4 is 16.8 Å². The lowest BCUT2D eigenvalue weighted by Gasteiger charge is -2.37. The van der Waals surface area contributed by atoms with E-state index < -0.39 is 5.54 Å². The van der Waals surface area contributed by atoms with Gasteiger partial charge in [-0.25, -0.2) is 0 Å². The number of amides is 2. The number of primary amides is 1. The molecule has 0 spiro atoms. The molecule has 5 nitrogen and oxygen atoms in total. The number of hydrogen-bond donors (Lipinski definition) is 3. The zero-order valence-electron chi connectivity index (χ0n) is 12.4. The molecular formula is C15H27N3O2. The van der Waals surface area contributed by atoms with Crippen LogP contribution in [0.5, 0.6) is 0 Å². The predicted molar refractivity (Wildman–Crippen MR) is 77.6 cm³/mol. The van der Waals surface area contributed by atoms with E-state index in [-0.39, 0.29) is 23.8 Å². The van der Waals surface area contributed by atoms with Crippen molar-refractivity contribution in [3.8, 4) is 0 Å². The Kier molecular flexibility index (Phi) is 4.68. The molecule has 2 aliphatic carbocycles. The van der Waals surface area contributed by atoms with Crippen molar-refractivity contribution in [3.05, 3.63) is 0 Å². The molecule has 0 saturated heterocycles. The second-order valence-electron chi connectivity index (χ2n) is 6.78. The van der Waals surface area contributed by atoms with Crippen LogP contribution in [0, 0.1) is 11.8 Å². The summed E-state index contributed by atoms with van der Waals surface area (Å²) in [7, 11) is 0. The first-order valence-electron chi connectivity index (χ1n) is 7.80. The minimum absolute atomic E-state index is 0.00780. The number of nitrogens with one attached hydrogen (secondary N) is 1. The van der Waals surface area contributed by atoms with Crippen LogP contribution >= 0.6 is 0 Å². The Labute approximate surface area is 120 Å². The summed E-state index contributed by atoms with van der Waals surface area (Å²) in [5.74, 6) is 0.271. The third kappa shape index (κ3) is 3.51. The second-order valence-corrected chi connectivity index (χ2v) is 6.78. The lowest BCUT2D eigenvalue weighted by atomic mass is 9.76. The molecule has 2 saturated carbocycles. The standard InChI is InChI=1S/C15H27N3O2/c1-10-3-2-8-15(17,9-10)14(20)18-12-6-4-11(5-7-12)13(16)19/h10-12H,2-9,17H2,1H3,(H2,16,19)(H,18,20). The highest BCUT2D eigenvalue weighted by atomic mass is 16.2. The van der Waals surface area contributed by atoms with E-state index in [2.05, 4.69) is 12.2 Å². The Bertz CT molecular complexity index is 377. The first kappa shape index (κ1) is 15.3. The highest BCUT2D eigenvalue weighted by molar-refractivity contribution is 5.86. The Morgan fingerprint density at radius 3 is 2.35 bits per heavy atom. The van der Waals surface area contributed by atoms with E-state index in [4.69, 9.17) is 11.5 Å². The lowest BCUT2D eigenvalue weighted by molar-refractivity contribution is -0.129. The molecule has 2 rings (SSSR count). The van der Waals surface area contributed by atoms with Gasteiger partial charge in [-0.05, 0) is 44.4 Å². The molecule has 5 N–H and O–H groups in total. The van der Waals surface area contributed by atoms with Gasteiger partial charge in [0.05, 0.1) is 5.54 Å². The van der Waals surface area contributed by atoms with Gasteiger partial charge in [0.2, 0.25) is 11.8 Å². The molecule has 2 aliphatic rings. The number of rotatable bonds is 3. The van der Waals surface area contributed by atoms with Gasteiger partial charge in [-0.3, -0.25) is 9.59 Å². The Balaban J connectivity index is 1.84. The maximum atomic E-state index is 12.4. The molecular weight excluding hydrogens is 254 g/mol. The summed E-state index contributed by atoms with van der Waals surface area (Å²) in [5, 5.41) is 3.09. The molecule has 0 radical (unpaired) electrons. The summed E-state index contributed by atoms with van der Waals surface area (Å²) in [6.07, 6.45) is 6.93. The third-order valence-corrected chi connectivity index (χ3v) is 4.95. The van der Waals surface area contributed by atoms with Gasteiger partial charge in [0.25, 0.3) is 0 Å². The zero-order chi connectivity index (χ0) is 14.8. The van der Waals surface area contributed by atoms with Crippen molar-refractivity contribution in [3.63, 3.8) is 0 Å². The van der Waals surface area contributed by atoms with Gasteiger partial charge in [0.15, 0.2) is 0 Å². The maximum Gasteiger partial charge on any atom is 0.240 e. The van der Waals surface area contributed by atoms with Crippen LogP contribution in [0.3, 0.4) is 0 Å². The quantitative estimate of drug-likeness (QED) is 0.721. The summed E-state index contributed by atoms with van der Waals surface area (Å²) < 4.78 is 0. The molecule has 0 aromatic rings. The van der Waals surface area contributed by atoms with Gasteiger partial charge in [0.1, 0.15) is 0 Å². The Morgan fingerprint density at radius 2 is 1.80 bits per heavy atom. The van der Waals surface area contributed by atoms with Crippen molar-refractivity contribution in [1.29, 1.82) is 0 Å². The second kappa shape index (κ2) is 6.12.